The molecule has 0 unspecified atom stereocenters. The van der Waals surface area contributed by atoms with Gasteiger partial charge < -0.3 is 15.1 Å². The summed E-state index contributed by atoms with van der Waals surface area (Å²) in [7, 11) is 1.62. The van der Waals surface area contributed by atoms with Crippen molar-refractivity contribution in [2.75, 3.05) is 48.3 Å². The molecule has 1 N–H and O–H groups in total. The highest BCUT2D eigenvalue weighted by molar-refractivity contribution is 5.70. The Kier molecular flexibility index (Phi) is 4.22. The van der Waals surface area contributed by atoms with E-state index in [4.69, 9.17) is 0 Å². The molecule has 2 aromatic rings. The van der Waals surface area contributed by atoms with E-state index >= 15 is 0 Å². The zero-order chi connectivity index (χ0) is 16.2. The van der Waals surface area contributed by atoms with Crippen LogP contribution in [0.5, 0.6) is 0 Å². The average Bonchev–Trinajstić information content (AvgIpc) is 2.61. The predicted molar refractivity (Wildman–Crippen MR) is 89.1 cm³/mol. The smallest absolute Gasteiger partial charge is 0.353 e. The highest BCUT2D eigenvalue weighted by Gasteiger charge is 2.28. The van der Waals surface area contributed by atoms with Crippen LogP contribution in [-0.4, -0.2) is 48.1 Å². The molecule has 0 bridgehead atoms. The number of aromatic nitrogens is 2. The summed E-state index contributed by atoms with van der Waals surface area (Å²) in [6, 6.07) is 10.2. The molecule has 1 saturated heterocycles. The Morgan fingerprint density at radius 2 is 1.74 bits per heavy atom. The number of hydrogen-bond donors (Lipinski definition) is 1. The fourth-order valence-corrected chi connectivity index (χ4v) is 2.77. The van der Waals surface area contributed by atoms with Crippen LogP contribution in [0.3, 0.4) is 0 Å². The van der Waals surface area contributed by atoms with Gasteiger partial charge in [-0.15, -0.1) is 0 Å². The Balaban J connectivity index is 1.79. The van der Waals surface area contributed by atoms with E-state index in [2.05, 4.69) is 32.3 Å². The zero-order valence-corrected chi connectivity index (χ0v) is 12.8. The Morgan fingerprint density at radius 3 is 2.35 bits per heavy atom. The number of rotatable bonds is 4. The molecule has 0 aliphatic carbocycles. The van der Waals surface area contributed by atoms with E-state index in [1.165, 1.54) is 12.0 Å². The maximum absolute atomic E-state index is 11.4. The third-order valence-electron chi connectivity index (χ3n) is 3.92. The van der Waals surface area contributed by atoms with E-state index in [0.717, 1.165) is 13.1 Å². The predicted octanol–water partition coefficient (Wildman–Crippen LogP) is 1.75. The first-order valence-corrected chi connectivity index (χ1v) is 7.43. The lowest BCUT2D eigenvalue weighted by Crippen LogP contribution is -2.47. The summed E-state index contributed by atoms with van der Waals surface area (Å²) in [4.78, 5) is 23.2. The Bertz CT molecular complexity index is 686. The van der Waals surface area contributed by atoms with Gasteiger partial charge in [0.15, 0.2) is 0 Å². The molecule has 8 nitrogen and oxygen atoms in total. The van der Waals surface area contributed by atoms with Gasteiger partial charge >= 0.3 is 5.69 Å². The van der Waals surface area contributed by atoms with Crippen LogP contribution in [0.1, 0.15) is 0 Å². The van der Waals surface area contributed by atoms with Crippen LogP contribution in [0.15, 0.2) is 36.7 Å². The molecule has 0 atom stereocenters. The number of para-hydroxylation sites is 1. The maximum atomic E-state index is 11.4. The number of hydrogen-bond acceptors (Lipinski definition) is 7. The molecule has 3 rings (SSSR count). The number of anilines is 3. The third kappa shape index (κ3) is 3.01. The van der Waals surface area contributed by atoms with Gasteiger partial charge in [-0.1, -0.05) is 18.2 Å². The van der Waals surface area contributed by atoms with Crippen molar-refractivity contribution in [1.82, 2.24) is 9.97 Å². The lowest BCUT2D eigenvalue weighted by molar-refractivity contribution is -0.383. The molecule has 1 aromatic heterocycles. The number of nitro groups is 1. The van der Waals surface area contributed by atoms with Gasteiger partial charge in [0.1, 0.15) is 6.33 Å². The SMILES string of the molecule is CNc1ncnc(N2CCN(c3ccccc3)CC2)c1[N+](=O)[O-]. The minimum atomic E-state index is -0.426. The van der Waals surface area contributed by atoms with Gasteiger partial charge in [-0.05, 0) is 12.1 Å². The van der Waals surface area contributed by atoms with Gasteiger partial charge in [0.2, 0.25) is 11.6 Å². The fourth-order valence-electron chi connectivity index (χ4n) is 2.77. The first-order chi connectivity index (χ1) is 11.2. The molecule has 1 aliphatic heterocycles. The van der Waals surface area contributed by atoms with Crippen LogP contribution in [0.25, 0.3) is 0 Å². The van der Waals surface area contributed by atoms with Crippen molar-refractivity contribution in [1.29, 1.82) is 0 Å². The zero-order valence-electron chi connectivity index (χ0n) is 12.8. The van der Waals surface area contributed by atoms with Gasteiger partial charge in [-0.3, -0.25) is 10.1 Å². The second-order valence-corrected chi connectivity index (χ2v) is 5.21. The van der Waals surface area contributed by atoms with Crippen molar-refractivity contribution in [2.45, 2.75) is 0 Å². The van der Waals surface area contributed by atoms with Crippen molar-refractivity contribution >= 4 is 23.0 Å². The molecule has 23 heavy (non-hydrogen) atoms. The van der Waals surface area contributed by atoms with E-state index in [0.29, 0.717) is 18.9 Å². The van der Waals surface area contributed by atoms with Crippen LogP contribution >= 0.6 is 0 Å². The van der Waals surface area contributed by atoms with Gasteiger partial charge in [0, 0.05) is 38.9 Å². The minimum absolute atomic E-state index is 0.0665. The fraction of sp³-hybridized carbons (Fsp3) is 0.333. The molecule has 1 aliphatic rings. The molecule has 2 heterocycles. The Labute approximate surface area is 133 Å². The molecule has 0 saturated carbocycles. The molecule has 1 fully saturated rings. The standard InChI is InChI=1S/C15H18N6O2/c1-16-14-13(21(22)23)15(18-11-17-14)20-9-7-19(8-10-20)12-5-3-2-4-6-12/h2-6,11H,7-10H2,1H3,(H,16,17,18). The Hall–Kier alpha value is -2.90. The highest BCUT2D eigenvalue weighted by Crippen LogP contribution is 2.32. The number of benzene rings is 1. The van der Waals surface area contributed by atoms with Crippen molar-refractivity contribution in [2.24, 2.45) is 0 Å². The largest absolute Gasteiger partial charge is 0.368 e. The molecule has 0 radical (unpaired) electrons. The second-order valence-electron chi connectivity index (χ2n) is 5.21. The molecular weight excluding hydrogens is 296 g/mol. The van der Waals surface area contributed by atoms with Crippen molar-refractivity contribution in [3.63, 3.8) is 0 Å². The van der Waals surface area contributed by atoms with Gasteiger partial charge in [0.05, 0.1) is 4.92 Å². The van der Waals surface area contributed by atoms with Crippen LogP contribution in [0, 0.1) is 10.1 Å². The summed E-state index contributed by atoms with van der Waals surface area (Å²) in [6.07, 6.45) is 1.36. The summed E-state index contributed by atoms with van der Waals surface area (Å²) in [6.45, 7) is 2.94. The van der Waals surface area contributed by atoms with E-state index in [9.17, 15) is 10.1 Å². The van der Waals surface area contributed by atoms with Gasteiger partial charge in [-0.2, -0.15) is 0 Å². The molecular formula is C15H18N6O2. The van der Waals surface area contributed by atoms with Crippen molar-refractivity contribution in [3.8, 4) is 0 Å². The monoisotopic (exact) mass is 314 g/mol. The number of nitrogens with zero attached hydrogens (tertiary/aromatic N) is 5. The van der Waals surface area contributed by atoms with E-state index < -0.39 is 4.92 Å². The lowest BCUT2D eigenvalue weighted by Gasteiger charge is -2.36. The summed E-state index contributed by atoms with van der Waals surface area (Å²) < 4.78 is 0. The second kappa shape index (κ2) is 6.47. The van der Waals surface area contributed by atoms with E-state index in [1.807, 2.05) is 23.1 Å². The molecule has 120 valence electrons. The number of nitrogens with one attached hydrogen (secondary N) is 1. The normalized spacial score (nSPS) is 14.7. The summed E-state index contributed by atoms with van der Waals surface area (Å²) in [5, 5.41) is 14.1. The summed E-state index contributed by atoms with van der Waals surface area (Å²) in [5.74, 6) is 0.618. The van der Waals surface area contributed by atoms with Crippen LogP contribution in [0.4, 0.5) is 23.0 Å². The van der Waals surface area contributed by atoms with Crippen molar-refractivity contribution in [3.05, 3.63) is 46.8 Å². The topological polar surface area (TPSA) is 87.4 Å². The average molecular weight is 314 g/mol. The van der Waals surface area contributed by atoms with E-state index in [1.54, 1.807) is 7.05 Å². The molecule has 1 aromatic carbocycles. The first kappa shape index (κ1) is 15.0. The Morgan fingerprint density at radius 1 is 1.09 bits per heavy atom. The van der Waals surface area contributed by atoms with Crippen molar-refractivity contribution < 1.29 is 4.92 Å². The molecule has 0 spiro atoms. The summed E-state index contributed by atoms with van der Waals surface area (Å²) in [5.41, 5.74) is 1.10. The first-order valence-electron chi connectivity index (χ1n) is 7.43. The highest BCUT2D eigenvalue weighted by atomic mass is 16.6. The van der Waals surface area contributed by atoms with Gasteiger partial charge in [-0.25, -0.2) is 9.97 Å². The summed E-state index contributed by atoms with van der Waals surface area (Å²) >= 11 is 0. The molecule has 8 heteroatoms. The quantitative estimate of drug-likeness (QED) is 0.679. The van der Waals surface area contributed by atoms with Crippen LogP contribution < -0.4 is 15.1 Å². The molecule has 0 amide bonds. The van der Waals surface area contributed by atoms with Crippen LogP contribution in [0.2, 0.25) is 0 Å². The lowest BCUT2D eigenvalue weighted by atomic mass is 10.2. The minimum Gasteiger partial charge on any atom is -0.368 e. The maximum Gasteiger partial charge on any atom is 0.353 e. The van der Waals surface area contributed by atoms with E-state index in [-0.39, 0.29) is 11.5 Å². The van der Waals surface area contributed by atoms with Crippen LogP contribution in [-0.2, 0) is 0 Å². The third-order valence-corrected chi connectivity index (χ3v) is 3.92. The van der Waals surface area contributed by atoms with Gasteiger partial charge in [0.25, 0.3) is 0 Å². The number of piperazine rings is 1.